The molecule has 8 nitrogen and oxygen atoms in total. The van der Waals surface area contributed by atoms with Gasteiger partial charge in [-0.15, -0.1) is 0 Å². The summed E-state index contributed by atoms with van der Waals surface area (Å²) >= 11 is 0. The maximum Gasteiger partial charge on any atom is 0.255 e. The van der Waals surface area contributed by atoms with Crippen LogP contribution in [-0.2, 0) is 20.0 Å². The number of imidazole rings is 1. The van der Waals surface area contributed by atoms with Gasteiger partial charge in [-0.1, -0.05) is 6.07 Å². The van der Waals surface area contributed by atoms with Crippen LogP contribution < -0.4 is 10.2 Å². The maximum atomic E-state index is 12.9. The monoisotopic (exact) mass is 457 g/mol. The molecule has 2 aliphatic carbocycles. The van der Waals surface area contributed by atoms with Gasteiger partial charge in [0.05, 0.1) is 36.4 Å². The van der Waals surface area contributed by atoms with Gasteiger partial charge in [0, 0.05) is 56.5 Å². The Bertz CT molecular complexity index is 1280. The van der Waals surface area contributed by atoms with Gasteiger partial charge >= 0.3 is 0 Å². The number of nitrogens with zero attached hydrogens (tertiary/aromatic N) is 6. The van der Waals surface area contributed by atoms with E-state index in [1.807, 2.05) is 42.1 Å². The summed E-state index contributed by atoms with van der Waals surface area (Å²) in [6.45, 7) is 5.09. The molecule has 8 heteroatoms. The molecule has 3 aromatic rings. The second kappa shape index (κ2) is 8.11. The third-order valence-corrected chi connectivity index (χ3v) is 7.81. The number of aliphatic imine (C=N–C) groups is 1. The number of carbonyl (C=O) groups is 1. The van der Waals surface area contributed by atoms with E-state index in [1.165, 1.54) is 34.5 Å². The Morgan fingerprint density at radius 1 is 1.29 bits per heavy atom. The molecule has 1 aliphatic heterocycles. The molecule has 6 rings (SSSR count). The molecule has 3 heterocycles. The molecule has 1 saturated carbocycles. The number of aryl methyl sites for hydroxylation is 1. The fourth-order valence-electron chi connectivity index (χ4n) is 5.70. The molecule has 1 saturated heterocycles. The molecule has 34 heavy (non-hydrogen) atoms. The summed E-state index contributed by atoms with van der Waals surface area (Å²) < 4.78 is 3.88. The zero-order chi connectivity index (χ0) is 23.4. The highest BCUT2D eigenvalue weighted by Crippen LogP contribution is 2.47. The number of hydrogen-bond donors (Lipinski definition) is 1. The Labute approximate surface area is 199 Å². The van der Waals surface area contributed by atoms with Crippen molar-refractivity contribution >= 4 is 17.8 Å². The lowest BCUT2D eigenvalue weighted by atomic mass is 10.00. The fourth-order valence-corrected chi connectivity index (χ4v) is 5.70. The molecule has 2 unspecified atom stereocenters. The van der Waals surface area contributed by atoms with E-state index in [4.69, 9.17) is 0 Å². The highest BCUT2D eigenvalue weighted by Gasteiger charge is 2.45. The first-order chi connectivity index (χ1) is 16.5. The van der Waals surface area contributed by atoms with Crippen LogP contribution in [0.2, 0.25) is 0 Å². The molecule has 0 bridgehead atoms. The van der Waals surface area contributed by atoms with Gasteiger partial charge in [0.15, 0.2) is 0 Å². The van der Waals surface area contributed by atoms with Gasteiger partial charge in [-0.25, -0.2) is 4.98 Å². The minimum atomic E-state index is -0.103. The van der Waals surface area contributed by atoms with Crippen molar-refractivity contribution in [2.45, 2.75) is 38.8 Å². The van der Waals surface area contributed by atoms with E-state index in [2.05, 4.69) is 44.3 Å². The maximum absolute atomic E-state index is 12.9. The number of nitrogens with one attached hydrogen (secondary N) is 1. The lowest BCUT2D eigenvalue weighted by Gasteiger charge is -2.24. The Morgan fingerprint density at radius 3 is 2.91 bits per heavy atom. The SMILES string of the molecule is C/N=C/c1c(N2CC3CC3C2)ccc(Cn2cc(C(=O)N[C@@H]3CCc4c3ncn4C)cn2)c1C. The number of anilines is 1. The number of hydrogen-bond acceptors (Lipinski definition) is 5. The average Bonchev–Trinajstić information content (AvgIpc) is 3.29. The zero-order valence-corrected chi connectivity index (χ0v) is 20.0. The number of fused-ring (bicyclic) bond motifs is 2. The highest BCUT2D eigenvalue weighted by molar-refractivity contribution is 5.94. The fraction of sp³-hybridized carbons (Fsp3) is 0.462. The summed E-state index contributed by atoms with van der Waals surface area (Å²) in [6.07, 6.45) is 10.5. The lowest BCUT2D eigenvalue weighted by molar-refractivity contribution is 0.0936. The van der Waals surface area contributed by atoms with Crippen LogP contribution in [0.4, 0.5) is 5.69 Å². The smallest absolute Gasteiger partial charge is 0.255 e. The largest absolute Gasteiger partial charge is 0.370 e. The Morgan fingerprint density at radius 2 is 2.12 bits per heavy atom. The van der Waals surface area contributed by atoms with E-state index in [-0.39, 0.29) is 11.9 Å². The highest BCUT2D eigenvalue weighted by atomic mass is 16.1. The zero-order valence-electron chi connectivity index (χ0n) is 20.0. The van der Waals surface area contributed by atoms with Crippen molar-refractivity contribution in [1.82, 2.24) is 24.6 Å². The van der Waals surface area contributed by atoms with Crippen LogP contribution in [-0.4, -0.2) is 51.6 Å². The summed E-state index contributed by atoms with van der Waals surface area (Å²) in [5, 5.41) is 7.61. The van der Waals surface area contributed by atoms with Crippen LogP contribution in [0.25, 0.3) is 0 Å². The summed E-state index contributed by atoms with van der Waals surface area (Å²) in [7, 11) is 3.83. The van der Waals surface area contributed by atoms with Gasteiger partial charge < -0.3 is 14.8 Å². The number of benzene rings is 1. The molecule has 176 valence electrons. The van der Waals surface area contributed by atoms with E-state index in [9.17, 15) is 4.79 Å². The normalized spacial score (nSPS) is 22.9. The summed E-state index contributed by atoms with van der Waals surface area (Å²) in [5.41, 5.74) is 7.65. The average molecular weight is 458 g/mol. The van der Waals surface area contributed by atoms with Crippen molar-refractivity contribution in [2.75, 3.05) is 25.0 Å². The van der Waals surface area contributed by atoms with E-state index in [1.54, 1.807) is 6.20 Å². The molecule has 1 amide bonds. The van der Waals surface area contributed by atoms with Crippen molar-refractivity contribution in [3.8, 4) is 0 Å². The molecular formula is C26H31N7O. The minimum absolute atomic E-state index is 0.0330. The summed E-state index contributed by atoms with van der Waals surface area (Å²) in [4.78, 5) is 24.2. The first-order valence-corrected chi connectivity index (χ1v) is 12.1. The quantitative estimate of drug-likeness (QED) is 0.577. The van der Waals surface area contributed by atoms with Gasteiger partial charge in [0.25, 0.3) is 5.91 Å². The summed E-state index contributed by atoms with van der Waals surface area (Å²) in [6, 6.07) is 4.39. The lowest BCUT2D eigenvalue weighted by Crippen LogP contribution is -2.27. The van der Waals surface area contributed by atoms with Crippen LogP contribution in [0, 0.1) is 18.8 Å². The number of carbonyl (C=O) groups excluding carboxylic acids is 1. The van der Waals surface area contributed by atoms with Crippen molar-refractivity contribution in [3.05, 3.63) is 64.5 Å². The molecule has 1 aromatic carbocycles. The topological polar surface area (TPSA) is 80.3 Å². The number of aromatic nitrogens is 4. The minimum Gasteiger partial charge on any atom is -0.370 e. The molecular weight excluding hydrogens is 426 g/mol. The van der Waals surface area contributed by atoms with Gasteiger partial charge in [0.1, 0.15) is 0 Å². The predicted molar refractivity (Wildman–Crippen MR) is 132 cm³/mol. The molecule has 2 aromatic heterocycles. The Balaban J connectivity index is 1.18. The second-order valence-corrected chi connectivity index (χ2v) is 10.0. The van der Waals surface area contributed by atoms with Gasteiger partial charge in [-0.05, 0) is 55.2 Å². The number of piperidine rings is 1. The number of amides is 1. The van der Waals surface area contributed by atoms with E-state index >= 15 is 0 Å². The third-order valence-electron chi connectivity index (χ3n) is 7.81. The number of rotatable bonds is 6. The Kier molecular flexibility index (Phi) is 5.04. The molecule has 0 spiro atoms. The van der Waals surface area contributed by atoms with Crippen LogP contribution in [0.1, 0.15) is 57.3 Å². The first-order valence-electron chi connectivity index (χ1n) is 12.1. The third kappa shape index (κ3) is 3.61. The van der Waals surface area contributed by atoms with E-state index < -0.39 is 0 Å². The molecule has 2 fully saturated rings. The molecule has 3 aliphatic rings. The van der Waals surface area contributed by atoms with Crippen LogP contribution >= 0.6 is 0 Å². The Hall–Kier alpha value is -3.42. The first kappa shape index (κ1) is 21.1. The molecule has 0 radical (unpaired) electrons. The second-order valence-electron chi connectivity index (χ2n) is 10.0. The molecule has 3 atom stereocenters. The van der Waals surface area contributed by atoms with Crippen molar-refractivity contribution in [3.63, 3.8) is 0 Å². The summed E-state index contributed by atoms with van der Waals surface area (Å²) in [5.74, 6) is 1.66. The van der Waals surface area contributed by atoms with Crippen molar-refractivity contribution in [1.29, 1.82) is 0 Å². The van der Waals surface area contributed by atoms with Crippen LogP contribution in [0.5, 0.6) is 0 Å². The molecule has 1 N–H and O–H groups in total. The van der Waals surface area contributed by atoms with Crippen molar-refractivity contribution in [2.24, 2.45) is 23.9 Å². The van der Waals surface area contributed by atoms with Crippen molar-refractivity contribution < 1.29 is 4.79 Å². The van der Waals surface area contributed by atoms with Gasteiger partial charge in [-0.2, -0.15) is 5.10 Å². The van der Waals surface area contributed by atoms with Gasteiger partial charge in [-0.3, -0.25) is 14.5 Å². The van der Waals surface area contributed by atoms with Gasteiger partial charge in [0.2, 0.25) is 0 Å². The van der Waals surface area contributed by atoms with Crippen LogP contribution in [0.3, 0.4) is 0 Å². The predicted octanol–water partition coefficient (Wildman–Crippen LogP) is 2.90. The van der Waals surface area contributed by atoms with E-state index in [0.717, 1.165) is 43.5 Å². The standard InChI is InChI=1S/C26H31N7O/c1-16-17(4-6-23(21(16)10-27-2)32-11-18-8-19(18)12-32)13-33-14-20(9-29-33)26(34)30-22-5-7-24-25(22)28-15-31(24)3/h4,6,9-10,14-15,18-19,22H,5,7-8,11-13H2,1-3H3,(H,30,34)/b27-10+/t18?,19?,22-/m1/s1. The van der Waals surface area contributed by atoms with Crippen LogP contribution in [0.15, 0.2) is 35.8 Å². The van der Waals surface area contributed by atoms with E-state index in [0.29, 0.717) is 12.1 Å².